The van der Waals surface area contributed by atoms with Gasteiger partial charge >= 0.3 is 5.97 Å². The highest BCUT2D eigenvalue weighted by Gasteiger charge is 2.16. The van der Waals surface area contributed by atoms with E-state index in [9.17, 15) is 9.59 Å². The second-order valence-electron chi connectivity index (χ2n) is 4.71. The Balaban J connectivity index is 1.99. The number of rotatable bonds is 4. The molecule has 19 heavy (non-hydrogen) atoms. The molecule has 0 saturated heterocycles. The minimum absolute atomic E-state index is 0.0629. The van der Waals surface area contributed by atoms with Crippen molar-refractivity contribution in [1.29, 1.82) is 0 Å². The molecular weight excluding hydrogens is 244 g/mol. The number of anilines is 1. The van der Waals surface area contributed by atoms with E-state index in [1.54, 1.807) is 0 Å². The van der Waals surface area contributed by atoms with Crippen LogP contribution in [0.25, 0.3) is 0 Å². The summed E-state index contributed by atoms with van der Waals surface area (Å²) in [6.45, 7) is 0. The summed E-state index contributed by atoms with van der Waals surface area (Å²) in [4.78, 5) is 22.5. The van der Waals surface area contributed by atoms with Crippen LogP contribution in [0, 0.1) is 0 Å². The third-order valence-corrected chi connectivity index (χ3v) is 3.31. The molecule has 1 aliphatic rings. The topological polar surface area (TPSA) is 81.4 Å². The lowest BCUT2D eigenvalue weighted by molar-refractivity contribution is -0.142. The quantitative estimate of drug-likeness (QED) is 0.793. The molecule has 1 atom stereocenters. The van der Waals surface area contributed by atoms with Crippen molar-refractivity contribution in [2.75, 3.05) is 12.4 Å². The molecule has 5 heteroatoms. The molecule has 1 aliphatic heterocycles. The van der Waals surface area contributed by atoms with E-state index in [0.717, 1.165) is 29.7 Å². The van der Waals surface area contributed by atoms with Gasteiger partial charge in [0.25, 0.3) is 0 Å². The zero-order valence-electron chi connectivity index (χ0n) is 10.9. The molecule has 1 unspecified atom stereocenters. The van der Waals surface area contributed by atoms with Crippen LogP contribution in [0.4, 0.5) is 5.69 Å². The lowest BCUT2D eigenvalue weighted by Gasteiger charge is -2.18. The summed E-state index contributed by atoms with van der Waals surface area (Å²) in [5, 5.41) is 2.84. The van der Waals surface area contributed by atoms with Gasteiger partial charge in [0.1, 0.15) is 6.04 Å². The maximum Gasteiger partial charge on any atom is 0.322 e. The van der Waals surface area contributed by atoms with Gasteiger partial charge in [-0.1, -0.05) is 12.1 Å². The minimum atomic E-state index is -0.583. The zero-order valence-corrected chi connectivity index (χ0v) is 10.9. The monoisotopic (exact) mass is 262 g/mol. The molecule has 0 spiro atoms. The molecule has 0 fully saturated rings. The van der Waals surface area contributed by atoms with Crippen molar-refractivity contribution in [2.45, 2.75) is 31.7 Å². The highest BCUT2D eigenvalue weighted by molar-refractivity contribution is 5.93. The summed E-state index contributed by atoms with van der Waals surface area (Å²) >= 11 is 0. The number of hydrogen-bond acceptors (Lipinski definition) is 4. The number of carbonyl (C=O) groups excluding carboxylic acids is 2. The molecule has 102 valence electrons. The van der Waals surface area contributed by atoms with E-state index in [0.29, 0.717) is 12.8 Å². The number of nitrogens with one attached hydrogen (secondary N) is 1. The lowest BCUT2D eigenvalue weighted by atomic mass is 9.97. The molecule has 0 aliphatic carbocycles. The van der Waals surface area contributed by atoms with Gasteiger partial charge in [0, 0.05) is 12.1 Å². The number of ether oxygens (including phenoxy) is 1. The Bertz CT molecular complexity index is 499. The normalized spacial score (nSPS) is 15.4. The maximum atomic E-state index is 11.3. The lowest BCUT2D eigenvalue weighted by Crippen LogP contribution is -2.31. The van der Waals surface area contributed by atoms with Crippen LogP contribution >= 0.6 is 0 Å². The van der Waals surface area contributed by atoms with E-state index in [1.807, 2.05) is 12.1 Å². The largest absolute Gasteiger partial charge is 0.468 e. The summed E-state index contributed by atoms with van der Waals surface area (Å²) in [5.41, 5.74) is 8.85. The van der Waals surface area contributed by atoms with E-state index >= 15 is 0 Å². The number of methoxy groups -OCH3 is 1. The molecule has 2 rings (SSSR count). The van der Waals surface area contributed by atoms with Gasteiger partial charge in [0.15, 0.2) is 0 Å². The molecular formula is C14H18N2O3. The molecule has 0 radical (unpaired) electrons. The van der Waals surface area contributed by atoms with E-state index < -0.39 is 6.04 Å². The van der Waals surface area contributed by atoms with Crippen LogP contribution in [0.3, 0.4) is 0 Å². The SMILES string of the molecule is COC(=O)C(N)CCc1ccc2c(c1)CCC(=O)N2. The van der Waals surface area contributed by atoms with Crippen molar-refractivity contribution in [3.05, 3.63) is 29.3 Å². The molecule has 3 N–H and O–H groups in total. The molecule has 0 bridgehead atoms. The second kappa shape index (κ2) is 5.84. The Morgan fingerprint density at radius 1 is 1.47 bits per heavy atom. The van der Waals surface area contributed by atoms with Crippen LogP contribution in [0.5, 0.6) is 0 Å². The fraction of sp³-hybridized carbons (Fsp3) is 0.429. The third kappa shape index (κ3) is 3.32. The average molecular weight is 262 g/mol. The highest BCUT2D eigenvalue weighted by Crippen LogP contribution is 2.24. The predicted octanol–water partition coefficient (Wildman–Crippen LogP) is 1.00. The Morgan fingerprint density at radius 2 is 2.26 bits per heavy atom. The van der Waals surface area contributed by atoms with Crippen molar-refractivity contribution in [1.82, 2.24) is 0 Å². The number of fused-ring (bicyclic) bond motifs is 1. The van der Waals surface area contributed by atoms with Gasteiger partial charge in [-0.05, 0) is 36.5 Å². The van der Waals surface area contributed by atoms with Crippen LogP contribution in [-0.4, -0.2) is 25.0 Å². The molecule has 1 aromatic rings. The number of benzene rings is 1. The van der Waals surface area contributed by atoms with E-state index in [1.165, 1.54) is 7.11 Å². The summed E-state index contributed by atoms with van der Waals surface area (Å²) in [7, 11) is 1.34. The van der Waals surface area contributed by atoms with Crippen molar-refractivity contribution in [3.63, 3.8) is 0 Å². The van der Waals surface area contributed by atoms with Crippen LogP contribution in [-0.2, 0) is 27.2 Å². The molecule has 0 aromatic heterocycles. The van der Waals surface area contributed by atoms with Gasteiger partial charge in [-0.15, -0.1) is 0 Å². The molecule has 1 heterocycles. The van der Waals surface area contributed by atoms with Crippen LogP contribution in [0.2, 0.25) is 0 Å². The Labute approximate surface area is 112 Å². The Hall–Kier alpha value is -1.88. The molecule has 5 nitrogen and oxygen atoms in total. The highest BCUT2D eigenvalue weighted by atomic mass is 16.5. The van der Waals surface area contributed by atoms with E-state index in [4.69, 9.17) is 5.73 Å². The van der Waals surface area contributed by atoms with Crippen molar-refractivity contribution >= 4 is 17.6 Å². The first-order valence-corrected chi connectivity index (χ1v) is 6.35. The van der Waals surface area contributed by atoms with Crippen molar-refractivity contribution in [2.24, 2.45) is 5.73 Å². The third-order valence-electron chi connectivity index (χ3n) is 3.31. The fourth-order valence-electron chi connectivity index (χ4n) is 2.18. The number of carbonyl (C=O) groups is 2. The number of hydrogen-bond donors (Lipinski definition) is 2. The summed E-state index contributed by atoms with van der Waals surface area (Å²) in [6, 6.07) is 5.35. The van der Waals surface area contributed by atoms with Gasteiger partial charge in [-0.3, -0.25) is 9.59 Å². The van der Waals surface area contributed by atoms with E-state index in [2.05, 4.69) is 16.1 Å². The van der Waals surface area contributed by atoms with Crippen LogP contribution in [0.15, 0.2) is 18.2 Å². The summed E-state index contributed by atoms with van der Waals surface area (Å²) in [5.74, 6) is -0.321. The van der Waals surface area contributed by atoms with Crippen molar-refractivity contribution in [3.8, 4) is 0 Å². The smallest absolute Gasteiger partial charge is 0.322 e. The number of nitrogens with two attached hydrogens (primary N) is 1. The van der Waals surface area contributed by atoms with Crippen LogP contribution in [0.1, 0.15) is 24.0 Å². The van der Waals surface area contributed by atoms with Gasteiger partial charge in [-0.2, -0.15) is 0 Å². The Kier molecular flexibility index (Phi) is 4.16. The summed E-state index contributed by atoms with van der Waals surface area (Å²) in [6.07, 6.45) is 2.56. The summed E-state index contributed by atoms with van der Waals surface area (Å²) < 4.78 is 4.59. The maximum absolute atomic E-state index is 11.3. The van der Waals surface area contributed by atoms with E-state index in [-0.39, 0.29) is 11.9 Å². The fourth-order valence-corrected chi connectivity index (χ4v) is 2.18. The van der Waals surface area contributed by atoms with Gasteiger partial charge < -0.3 is 15.8 Å². The number of aryl methyl sites for hydroxylation is 2. The Morgan fingerprint density at radius 3 is 3.00 bits per heavy atom. The number of amides is 1. The number of esters is 1. The van der Waals surface area contributed by atoms with Gasteiger partial charge in [0.05, 0.1) is 7.11 Å². The predicted molar refractivity (Wildman–Crippen MR) is 71.7 cm³/mol. The molecule has 1 amide bonds. The second-order valence-corrected chi connectivity index (χ2v) is 4.71. The minimum Gasteiger partial charge on any atom is -0.468 e. The standard InChI is InChI=1S/C14H18N2O3/c1-19-14(18)11(15)5-2-9-3-6-12-10(8-9)4-7-13(17)16-12/h3,6,8,11H,2,4-5,7,15H2,1H3,(H,16,17). The van der Waals surface area contributed by atoms with Crippen LogP contribution < -0.4 is 11.1 Å². The first-order valence-electron chi connectivity index (χ1n) is 6.35. The zero-order chi connectivity index (χ0) is 13.8. The average Bonchev–Trinajstić information content (AvgIpc) is 2.43. The first kappa shape index (κ1) is 13.5. The van der Waals surface area contributed by atoms with Crippen molar-refractivity contribution < 1.29 is 14.3 Å². The van der Waals surface area contributed by atoms with Gasteiger partial charge in [-0.25, -0.2) is 0 Å². The molecule has 0 saturated carbocycles. The van der Waals surface area contributed by atoms with Gasteiger partial charge in [0.2, 0.25) is 5.91 Å². The molecule has 1 aromatic carbocycles. The first-order chi connectivity index (χ1) is 9.10.